The van der Waals surface area contributed by atoms with E-state index in [4.69, 9.17) is 10.2 Å². The van der Waals surface area contributed by atoms with Crippen LogP contribution in [0.2, 0.25) is 0 Å². The zero-order valence-electron chi connectivity index (χ0n) is 11.7. The van der Waals surface area contributed by atoms with E-state index in [1.165, 1.54) is 0 Å². The molecule has 0 aromatic heterocycles. The molecule has 0 aromatic rings. The van der Waals surface area contributed by atoms with Gasteiger partial charge in [-0.2, -0.15) is 0 Å². The summed E-state index contributed by atoms with van der Waals surface area (Å²) in [7, 11) is -3.17. The van der Waals surface area contributed by atoms with Crippen LogP contribution >= 0.6 is 0 Å². The van der Waals surface area contributed by atoms with Gasteiger partial charge in [0.2, 0.25) is 0 Å². The van der Waals surface area contributed by atoms with Crippen LogP contribution in [-0.4, -0.2) is 66.1 Å². The number of rotatable bonds is 6. The number of hydrogen-bond acceptors (Lipinski definition) is 5. The monoisotopic (exact) mass is 307 g/mol. The van der Waals surface area contributed by atoms with Gasteiger partial charge in [0.05, 0.1) is 22.8 Å². The minimum absolute atomic E-state index is 0.0330. The van der Waals surface area contributed by atoms with Gasteiger partial charge in [0.25, 0.3) is 0 Å². The van der Waals surface area contributed by atoms with Crippen LogP contribution in [0.5, 0.6) is 0 Å². The number of aliphatic carboxylic acids is 2. The molecule has 0 bridgehead atoms. The average Bonchev–Trinajstić information content (AvgIpc) is 2.35. The van der Waals surface area contributed by atoms with E-state index >= 15 is 0 Å². The van der Waals surface area contributed by atoms with E-state index in [0.717, 1.165) is 0 Å². The fraction of sp³-hybridized carbons (Fsp3) is 0.833. The lowest BCUT2D eigenvalue weighted by atomic mass is 9.85. The van der Waals surface area contributed by atoms with Gasteiger partial charge in [-0.1, -0.05) is 0 Å². The van der Waals surface area contributed by atoms with E-state index in [0.29, 0.717) is 6.54 Å². The molecule has 1 rings (SSSR count). The summed E-state index contributed by atoms with van der Waals surface area (Å²) < 4.78 is 23.4. The normalized spacial score (nSPS) is 24.8. The number of carboxylic acid groups (broad SMARTS) is 2. The molecule has 2 unspecified atom stereocenters. The Balaban J connectivity index is 2.64. The zero-order chi connectivity index (χ0) is 15.5. The molecule has 8 heteroatoms. The average molecular weight is 307 g/mol. The third-order valence-electron chi connectivity index (χ3n) is 3.74. The van der Waals surface area contributed by atoms with Crippen molar-refractivity contribution in [2.45, 2.75) is 25.5 Å². The summed E-state index contributed by atoms with van der Waals surface area (Å²) in [6, 6.07) is 0. The second-order valence-electron chi connectivity index (χ2n) is 5.39. The molecule has 0 aliphatic carbocycles. The molecule has 0 spiro atoms. The van der Waals surface area contributed by atoms with Crippen LogP contribution in [0.4, 0.5) is 0 Å². The van der Waals surface area contributed by atoms with Crippen molar-refractivity contribution >= 4 is 21.8 Å². The van der Waals surface area contributed by atoms with Crippen molar-refractivity contribution in [3.05, 3.63) is 0 Å². The fourth-order valence-corrected chi connectivity index (χ4v) is 3.24. The van der Waals surface area contributed by atoms with Gasteiger partial charge in [-0.05, 0) is 26.8 Å². The molecule has 0 aromatic carbocycles. The summed E-state index contributed by atoms with van der Waals surface area (Å²) in [5, 5.41) is 17.6. The summed E-state index contributed by atoms with van der Waals surface area (Å²) in [5.74, 6) is -4.16. The Labute approximate surface area is 118 Å². The van der Waals surface area contributed by atoms with Crippen LogP contribution in [0.3, 0.4) is 0 Å². The molecule has 20 heavy (non-hydrogen) atoms. The fourth-order valence-electron chi connectivity index (χ4n) is 2.26. The predicted molar refractivity (Wildman–Crippen MR) is 72.2 cm³/mol. The van der Waals surface area contributed by atoms with Crippen molar-refractivity contribution < 1.29 is 28.2 Å². The maximum Gasteiger partial charge on any atom is 0.308 e. The summed E-state index contributed by atoms with van der Waals surface area (Å²) in [4.78, 5) is 23.8. The topological polar surface area (TPSA) is 112 Å². The molecule has 1 fully saturated rings. The number of sulfone groups is 1. The van der Waals surface area contributed by atoms with Crippen molar-refractivity contribution in [3.8, 4) is 0 Å². The zero-order valence-corrected chi connectivity index (χ0v) is 12.5. The van der Waals surface area contributed by atoms with Crippen LogP contribution < -0.4 is 0 Å². The molecule has 1 saturated heterocycles. The molecule has 2 atom stereocenters. The van der Waals surface area contributed by atoms with Crippen molar-refractivity contribution in [3.63, 3.8) is 0 Å². The lowest BCUT2D eigenvalue weighted by Crippen LogP contribution is -2.47. The molecule has 2 N–H and O–H groups in total. The maximum absolute atomic E-state index is 11.7. The van der Waals surface area contributed by atoms with E-state index in [-0.39, 0.29) is 25.3 Å². The standard InChI is InChI=1S/C12H21NO6S/c1-8(2)20(18,19)6-5-13-4-3-9(11(14)15)10(7-13)12(16)17/h8-10H,3-7H2,1-2H3,(H,14,15)(H,16,17). The smallest absolute Gasteiger partial charge is 0.308 e. The molecule has 1 heterocycles. The maximum atomic E-state index is 11.7. The molecule has 1 aliphatic rings. The van der Waals surface area contributed by atoms with Crippen molar-refractivity contribution in [2.24, 2.45) is 11.8 Å². The van der Waals surface area contributed by atoms with Gasteiger partial charge in [0, 0.05) is 13.1 Å². The van der Waals surface area contributed by atoms with Crippen LogP contribution in [0.15, 0.2) is 0 Å². The Morgan fingerprint density at radius 2 is 1.75 bits per heavy atom. The highest BCUT2D eigenvalue weighted by molar-refractivity contribution is 7.92. The second-order valence-corrected chi connectivity index (χ2v) is 8.07. The van der Waals surface area contributed by atoms with Gasteiger partial charge < -0.3 is 15.1 Å². The molecule has 0 radical (unpaired) electrons. The van der Waals surface area contributed by atoms with Crippen molar-refractivity contribution in [1.29, 1.82) is 0 Å². The van der Waals surface area contributed by atoms with E-state index in [9.17, 15) is 18.0 Å². The number of carbonyl (C=O) groups is 2. The third-order valence-corrected chi connectivity index (χ3v) is 5.93. The Morgan fingerprint density at radius 3 is 2.20 bits per heavy atom. The Morgan fingerprint density at radius 1 is 1.20 bits per heavy atom. The van der Waals surface area contributed by atoms with Crippen LogP contribution in [0.25, 0.3) is 0 Å². The van der Waals surface area contributed by atoms with E-state index in [1.54, 1.807) is 18.7 Å². The van der Waals surface area contributed by atoms with Gasteiger partial charge in [-0.25, -0.2) is 8.42 Å². The van der Waals surface area contributed by atoms with Gasteiger partial charge in [-0.3, -0.25) is 9.59 Å². The van der Waals surface area contributed by atoms with Crippen LogP contribution in [0, 0.1) is 11.8 Å². The Bertz CT molecular complexity index is 472. The molecule has 116 valence electrons. The summed E-state index contributed by atoms with van der Waals surface area (Å²) in [5.41, 5.74) is 0. The summed E-state index contributed by atoms with van der Waals surface area (Å²) >= 11 is 0. The highest BCUT2D eigenvalue weighted by Crippen LogP contribution is 2.24. The Hall–Kier alpha value is -1.15. The minimum Gasteiger partial charge on any atom is -0.481 e. The molecular formula is C12H21NO6S. The van der Waals surface area contributed by atoms with Crippen LogP contribution in [-0.2, 0) is 19.4 Å². The molecule has 1 aliphatic heterocycles. The molecule has 0 amide bonds. The SMILES string of the molecule is CC(C)S(=O)(=O)CCN1CCC(C(=O)O)C(C(=O)O)C1. The molecule has 0 saturated carbocycles. The van der Waals surface area contributed by atoms with Crippen LogP contribution in [0.1, 0.15) is 20.3 Å². The lowest BCUT2D eigenvalue weighted by Gasteiger charge is -2.34. The molecule has 7 nitrogen and oxygen atoms in total. The van der Waals surface area contributed by atoms with Gasteiger partial charge >= 0.3 is 11.9 Å². The lowest BCUT2D eigenvalue weighted by molar-refractivity contribution is -0.157. The third kappa shape index (κ3) is 4.17. The first-order valence-corrected chi connectivity index (χ1v) is 8.26. The van der Waals surface area contributed by atoms with E-state index in [2.05, 4.69) is 0 Å². The highest BCUT2D eigenvalue weighted by Gasteiger charge is 2.38. The number of likely N-dealkylation sites (tertiary alicyclic amines) is 1. The molecular weight excluding hydrogens is 286 g/mol. The predicted octanol–water partition coefficient (Wildman–Crippen LogP) is -0.0831. The van der Waals surface area contributed by atoms with Crippen molar-refractivity contribution in [2.75, 3.05) is 25.4 Å². The number of nitrogens with zero attached hydrogens (tertiary/aromatic N) is 1. The Kier molecular flexibility index (Phi) is 5.52. The minimum atomic E-state index is -3.17. The summed E-state index contributed by atoms with van der Waals surface area (Å²) in [6.07, 6.45) is 0.230. The van der Waals surface area contributed by atoms with E-state index in [1.807, 2.05) is 0 Å². The number of piperidine rings is 1. The quantitative estimate of drug-likeness (QED) is 0.705. The van der Waals surface area contributed by atoms with Gasteiger partial charge in [-0.15, -0.1) is 0 Å². The number of carboxylic acids is 2. The first kappa shape index (κ1) is 16.9. The van der Waals surface area contributed by atoms with E-state index < -0.39 is 38.9 Å². The first-order valence-electron chi connectivity index (χ1n) is 6.54. The largest absolute Gasteiger partial charge is 0.481 e. The highest BCUT2D eigenvalue weighted by atomic mass is 32.2. The van der Waals surface area contributed by atoms with Gasteiger partial charge in [0.15, 0.2) is 9.84 Å². The number of hydrogen-bond donors (Lipinski definition) is 2. The summed E-state index contributed by atoms with van der Waals surface area (Å²) in [6.45, 7) is 3.95. The van der Waals surface area contributed by atoms with Crippen molar-refractivity contribution in [1.82, 2.24) is 4.90 Å². The van der Waals surface area contributed by atoms with Gasteiger partial charge in [0.1, 0.15) is 0 Å². The second kappa shape index (κ2) is 6.53. The first-order chi connectivity index (χ1) is 9.15.